The molecule has 23 heavy (non-hydrogen) atoms. The highest BCUT2D eigenvalue weighted by Gasteiger charge is 2.80. The Labute approximate surface area is 129 Å². The zero-order valence-electron chi connectivity index (χ0n) is 13.0. The Hall–Kier alpha value is -1.00. The second-order valence-corrected chi connectivity index (χ2v) is 5.62. The summed E-state index contributed by atoms with van der Waals surface area (Å²) in [5.41, 5.74) is -2.93. The average molecular weight is 350 g/mol. The lowest BCUT2D eigenvalue weighted by Gasteiger charge is -2.50. The Balaban J connectivity index is 3.15. The van der Waals surface area contributed by atoms with Crippen molar-refractivity contribution < 1.29 is 46.1 Å². The minimum absolute atomic E-state index is 0.356. The summed E-state index contributed by atoms with van der Waals surface area (Å²) in [5, 5.41) is 9.39. The number of rotatable bonds is 4. The lowest BCUT2D eigenvalue weighted by Crippen LogP contribution is -2.75. The van der Waals surface area contributed by atoms with Crippen molar-refractivity contribution in [1.82, 2.24) is 0 Å². The van der Waals surface area contributed by atoms with Crippen LogP contribution >= 0.6 is 0 Å². The van der Waals surface area contributed by atoms with E-state index in [1.54, 1.807) is 6.92 Å². The van der Waals surface area contributed by atoms with Crippen LogP contribution < -0.4 is 0 Å². The maximum atomic E-state index is 14.4. The molecule has 1 N–H and O–H groups in total. The Morgan fingerprint density at radius 3 is 2.26 bits per heavy atom. The molecule has 1 heterocycles. The van der Waals surface area contributed by atoms with Gasteiger partial charge in [-0.1, -0.05) is 13.8 Å². The maximum absolute atomic E-state index is 14.4. The summed E-state index contributed by atoms with van der Waals surface area (Å²) >= 11 is 0. The first-order valence-corrected chi connectivity index (χ1v) is 6.90. The predicted octanol–water partition coefficient (Wildman–Crippen LogP) is 2.61. The van der Waals surface area contributed by atoms with Crippen molar-refractivity contribution in [2.75, 3.05) is 6.79 Å². The molecule has 1 aliphatic rings. The number of ether oxygens (including phenoxy) is 3. The van der Waals surface area contributed by atoms with Gasteiger partial charge in [0.2, 0.25) is 0 Å². The van der Waals surface area contributed by atoms with Crippen molar-refractivity contribution >= 4 is 5.97 Å². The molecule has 1 aliphatic heterocycles. The molecule has 0 aromatic rings. The van der Waals surface area contributed by atoms with Crippen LogP contribution in [0.5, 0.6) is 0 Å². The van der Waals surface area contributed by atoms with Gasteiger partial charge in [0.15, 0.2) is 12.4 Å². The topological polar surface area (TPSA) is 65.0 Å². The highest BCUT2D eigenvalue weighted by molar-refractivity contribution is 5.72. The fourth-order valence-corrected chi connectivity index (χ4v) is 1.96. The van der Waals surface area contributed by atoms with Gasteiger partial charge in [-0.25, -0.2) is 0 Å². The number of esters is 1. The molecule has 0 aromatic heterocycles. The molecule has 4 atom stereocenters. The molecule has 0 saturated carbocycles. The molecule has 0 aliphatic carbocycles. The third-order valence-electron chi connectivity index (χ3n) is 4.14. The molecule has 1 rings (SSSR count). The molecule has 0 aromatic carbocycles. The van der Waals surface area contributed by atoms with Crippen LogP contribution in [0, 0.1) is 5.92 Å². The molecule has 1 saturated heterocycles. The smallest absolute Gasteiger partial charge is 0.449 e. The second-order valence-electron chi connectivity index (χ2n) is 5.62. The minimum atomic E-state index is -5.78. The van der Waals surface area contributed by atoms with Gasteiger partial charge in [0, 0.05) is 0 Å². The van der Waals surface area contributed by atoms with Gasteiger partial charge < -0.3 is 19.3 Å². The summed E-state index contributed by atoms with van der Waals surface area (Å²) in [6.45, 7) is 3.48. The van der Waals surface area contributed by atoms with Gasteiger partial charge in [-0.3, -0.25) is 4.79 Å². The highest BCUT2D eigenvalue weighted by atomic mass is 19.4. The normalized spacial score (nSPS) is 33.8. The van der Waals surface area contributed by atoms with E-state index in [9.17, 15) is 31.9 Å². The van der Waals surface area contributed by atoms with Crippen LogP contribution in [0.2, 0.25) is 0 Å². The van der Waals surface area contributed by atoms with E-state index in [4.69, 9.17) is 4.74 Å². The first-order chi connectivity index (χ1) is 10.2. The molecule has 0 spiro atoms. The van der Waals surface area contributed by atoms with Crippen molar-refractivity contribution in [1.29, 1.82) is 0 Å². The van der Waals surface area contributed by atoms with Crippen LogP contribution in [-0.4, -0.2) is 47.5 Å². The van der Waals surface area contributed by atoms with Crippen molar-refractivity contribution in [3.05, 3.63) is 0 Å². The maximum Gasteiger partial charge on any atom is 0.449 e. The quantitative estimate of drug-likeness (QED) is 0.624. The predicted molar refractivity (Wildman–Crippen MR) is 66.4 cm³/mol. The Morgan fingerprint density at radius 2 is 1.83 bits per heavy atom. The number of carbonyl (C=O) groups is 1. The van der Waals surface area contributed by atoms with Crippen LogP contribution in [0.3, 0.4) is 0 Å². The first-order valence-electron chi connectivity index (χ1n) is 6.90. The molecule has 0 amide bonds. The summed E-state index contributed by atoms with van der Waals surface area (Å²) < 4.78 is 80.5. The molecule has 10 heteroatoms. The number of hydrogen-bond acceptors (Lipinski definition) is 5. The Bertz CT molecular complexity index is 455. The van der Waals surface area contributed by atoms with E-state index < -0.39 is 48.3 Å². The van der Waals surface area contributed by atoms with Gasteiger partial charge >= 0.3 is 23.9 Å². The van der Waals surface area contributed by atoms with Crippen LogP contribution in [0.15, 0.2) is 0 Å². The zero-order valence-corrected chi connectivity index (χ0v) is 13.0. The van der Waals surface area contributed by atoms with Gasteiger partial charge in [-0.05, 0) is 20.3 Å². The number of carbonyl (C=O) groups excluding carboxylic acids is 1. The fraction of sp³-hybridized carbons (Fsp3) is 0.923. The molecule has 1 fully saturated rings. The van der Waals surface area contributed by atoms with E-state index in [0.717, 1.165) is 6.92 Å². The summed E-state index contributed by atoms with van der Waals surface area (Å²) in [7, 11) is 0. The van der Waals surface area contributed by atoms with Crippen molar-refractivity contribution in [3.63, 3.8) is 0 Å². The largest absolute Gasteiger partial charge is 0.459 e. The summed E-state index contributed by atoms with van der Waals surface area (Å²) in [4.78, 5) is 11.7. The lowest BCUT2D eigenvalue weighted by molar-refractivity contribution is -0.505. The van der Waals surface area contributed by atoms with Gasteiger partial charge in [-0.15, -0.1) is 0 Å². The second kappa shape index (κ2) is 6.14. The molecule has 0 radical (unpaired) electrons. The molecular weight excluding hydrogens is 331 g/mol. The van der Waals surface area contributed by atoms with Gasteiger partial charge in [0.05, 0.1) is 5.92 Å². The van der Waals surface area contributed by atoms with Crippen LogP contribution in [0.25, 0.3) is 0 Å². The Morgan fingerprint density at radius 1 is 1.30 bits per heavy atom. The van der Waals surface area contributed by atoms with E-state index in [2.05, 4.69) is 9.47 Å². The van der Waals surface area contributed by atoms with Crippen LogP contribution in [0.4, 0.5) is 22.0 Å². The third kappa shape index (κ3) is 3.03. The average Bonchev–Trinajstić information content (AvgIpc) is 2.42. The summed E-state index contributed by atoms with van der Waals surface area (Å²) in [6, 6.07) is 0. The standard InChI is InChI=1S/C13H19F5O5/c1-5-7(2)9(19)23-8(3)10(4)11(14,15)12(20,13(16,17)18)22-6-21-10/h7-8,20H,5-6H2,1-4H3. The van der Waals surface area contributed by atoms with E-state index in [-0.39, 0.29) is 0 Å². The highest BCUT2D eigenvalue weighted by Crippen LogP contribution is 2.53. The number of halogens is 5. The van der Waals surface area contributed by atoms with Crippen LogP contribution in [-0.2, 0) is 19.0 Å². The summed E-state index contributed by atoms with van der Waals surface area (Å²) in [5.74, 6) is -11.2. The molecule has 5 nitrogen and oxygen atoms in total. The summed E-state index contributed by atoms with van der Waals surface area (Å²) in [6.07, 6.45) is -7.19. The van der Waals surface area contributed by atoms with Crippen molar-refractivity contribution in [2.45, 2.75) is 63.7 Å². The fourth-order valence-electron chi connectivity index (χ4n) is 1.96. The van der Waals surface area contributed by atoms with E-state index in [1.165, 1.54) is 6.92 Å². The van der Waals surface area contributed by atoms with E-state index in [1.807, 2.05) is 0 Å². The van der Waals surface area contributed by atoms with Gasteiger partial charge in [0.1, 0.15) is 6.10 Å². The molecule has 4 unspecified atom stereocenters. The third-order valence-corrected chi connectivity index (χ3v) is 4.14. The number of hydrogen-bond donors (Lipinski definition) is 1. The van der Waals surface area contributed by atoms with Gasteiger partial charge in [0.25, 0.3) is 0 Å². The van der Waals surface area contributed by atoms with Gasteiger partial charge in [-0.2, -0.15) is 22.0 Å². The van der Waals surface area contributed by atoms with Crippen molar-refractivity contribution in [3.8, 4) is 0 Å². The monoisotopic (exact) mass is 350 g/mol. The molecule has 136 valence electrons. The zero-order chi connectivity index (χ0) is 18.3. The molecule has 0 bridgehead atoms. The van der Waals surface area contributed by atoms with E-state index >= 15 is 0 Å². The first kappa shape index (κ1) is 20.0. The van der Waals surface area contributed by atoms with Crippen molar-refractivity contribution in [2.24, 2.45) is 5.92 Å². The Kier molecular flexibility index (Phi) is 5.35. The minimum Gasteiger partial charge on any atom is -0.459 e. The lowest BCUT2D eigenvalue weighted by atomic mass is 9.84. The number of aliphatic hydroxyl groups is 1. The van der Waals surface area contributed by atoms with Crippen LogP contribution in [0.1, 0.15) is 34.1 Å². The molecular formula is C13H19F5O5. The number of alkyl halides is 5. The SMILES string of the molecule is CCC(C)C(=O)OC(C)C1(C)OCOC(O)(C(F)(F)F)C1(F)F. The van der Waals surface area contributed by atoms with E-state index in [0.29, 0.717) is 13.3 Å².